The van der Waals surface area contributed by atoms with Gasteiger partial charge in [-0.3, -0.25) is 14.6 Å². The molecule has 3 atom stereocenters. The molecule has 5 heteroatoms. The molecular formula is C19H34N4O. The van der Waals surface area contributed by atoms with E-state index in [-0.39, 0.29) is 0 Å². The zero-order valence-corrected chi connectivity index (χ0v) is 15.1. The summed E-state index contributed by atoms with van der Waals surface area (Å²) in [4.78, 5) is 20.3. The summed E-state index contributed by atoms with van der Waals surface area (Å²) < 4.78 is 0. The molecule has 1 amide bonds. The summed E-state index contributed by atoms with van der Waals surface area (Å²) in [6.45, 7) is 8.43. The number of likely N-dealkylation sites (tertiary alicyclic amines) is 2. The summed E-state index contributed by atoms with van der Waals surface area (Å²) in [6, 6.07) is 1.23. The second-order valence-corrected chi connectivity index (χ2v) is 8.30. The quantitative estimate of drug-likeness (QED) is 0.840. The first-order valence-electron chi connectivity index (χ1n) is 10.3. The minimum atomic E-state index is 0.410. The van der Waals surface area contributed by atoms with E-state index in [2.05, 4.69) is 20.0 Å². The molecule has 0 aromatic heterocycles. The van der Waals surface area contributed by atoms with E-state index in [0.29, 0.717) is 24.5 Å². The van der Waals surface area contributed by atoms with Crippen molar-refractivity contribution in [3.63, 3.8) is 0 Å². The van der Waals surface area contributed by atoms with Gasteiger partial charge in [0, 0.05) is 57.9 Å². The molecule has 3 heterocycles. The van der Waals surface area contributed by atoms with E-state index in [4.69, 9.17) is 0 Å². The van der Waals surface area contributed by atoms with Gasteiger partial charge >= 0.3 is 0 Å². The summed E-state index contributed by atoms with van der Waals surface area (Å²) in [6.07, 6.45) is 9.10. The maximum atomic E-state index is 13.0. The van der Waals surface area contributed by atoms with E-state index in [9.17, 15) is 4.79 Å². The standard InChI is InChI=1S/C19H34N4O/c24-19(23-10-3-5-16-4-1-2-6-18(16)23)15-21-11-7-17(14-21)22-12-8-20-9-13-22/h16-18,20H,1-15H2. The Morgan fingerprint density at radius 1 is 0.917 bits per heavy atom. The van der Waals surface area contributed by atoms with Crippen molar-refractivity contribution in [2.24, 2.45) is 5.92 Å². The topological polar surface area (TPSA) is 38.8 Å². The molecular weight excluding hydrogens is 300 g/mol. The highest BCUT2D eigenvalue weighted by Crippen LogP contribution is 2.35. The molecule has 5 nitrogen and oxygen atoms in total. The summed E-state index contributed by atoms with van der Waals surface area (Å²) in [5.41, 5.74) is 0. The highest BCUT2D eigenvalue weighted by Gasteiger charge is 2.37. The Morgan fingerprint density at radius 2 is 1.71 bits per heavy atom. The van der Waals surface area contributed by atoms with Crippen molar-refractivity contribution in [2.75, 3.05) is 52.4 Å². The molecule has 3 aliphatic heterocycles. The predicted molar refractivity (Wildman–Crippen MR) is 96.0 cm³/mol. The molecule has 0 spiro atoms. The SMILES string of the molecule is O=C(CN1CCC(N2CCNCC2)C1)N1CCCC2CCCCC21. The Kier molecular flexibility index (Phi) is 5.40. The average Bonchev–Trinajstić information content (AvgIpc) is 3.10. The van der Waals surface area contributed by atoms with Crippen LogP contribution in [-0.4, -0.2) is 85.0 Å². The Labute approximate surface area is 146 Å². The summed E-state index contributed by atoms with van der Waals surface area (Å²) in [7, 11) is 0. The van der Waals surface area contributed by atoms with Crippen LogP contribution in [0.3, 0.4) is 0 Å². The van der Waals surface area contributed by atoms with Gasteiger partial charge in [-0.2, -0.15) is 0 Å². The number of piperidine rings is 1. The van der Waals surface area contributed by atoms with Gasteiger partial charge in [0.05, 0.1) is 6.54 Å². The van der Waals surface area contributed by atoms with Crippen LogP contribution < -0.4 is 5.32 Å². The number of hydrogen-bond donors (Lipinski definition) is 1. The Bertz CT molecular complexity index is 435. The molecule has 0 aromatic rings. The molecule has 136 valence electrons. The largest absolute Gasteiger partial charge is 0.338 e. The fourth-order valence-electron chi connectivity index (χ4n) is 5.52. The van der Waals surface area contributed by atoms with Crippen LogP contribution in [-0.2, 0) is 4.79 Å². The van der Waals surface area contributed by atoms with E-state index >= 15 is 0 Å². The van der Waals surface area contributed by atoms with Crippen molar-refractivity contribution in [3.05, 3.63) is 0 Å². The van der Waals surface area contributed by atoms with Gasteiger partial charge in [-0.15, -0.1) is 0 Å². The lowest BCUT2D eigenvalue weighted by Crippen LogP contribution is -2.52. The molecule has 1 N–H and O–H groups in total. The molecule has 4 aliphatic rings. The van der Waals surface area contributed by atoms with Crippen LogP contribution in [0.15, 0.2) is 0 Å². The van der Waals surface area contributed by atoms with Crippen LogP contribution in [0.25, 0.3) is 0 Å². The molecule has 1 aliphatic carbocycles. The lowest BCUT2D eigenvalue weighted by Gasteiger charge is -2.44. The number of carbonyl (C=O) groups excluding carboxylic acids is 1. The number of rotatable bonds is 3. The number of carbonyl (C=O) groups is 1. The van der Waals surface area contributed by atoms with E-state index in [1.165, 1.54) is 58.0 Å². The minimum absolute atomic E-state index is 0.410. The molecule has 24 heavy (non-hydrogen) atoms. The molecule has 4 fully saturated rings. The third-order valence-corrected chi connectivity index (χ3v) is 6.84. The van der Waals surface area contributed by atoms with Gasteiger partial charge in [-0.05, 0) is 38.0 Å². The van der Waals surface area contributed by atoms with Crippen LogP contribution in [0.1, 0.15) is 44.9 Å². The Morgan fingerprint density at radius 3 is 2.58 bits per heavy atom. The molecule has 4 rings (SSSR count). The van der Waals surface area contributed by atoms with Gasteiger partial charge in [0.25, 0.3) is 0 Å². The second kappa shape index (κ2) is 7.71. The minimum Gasteiger partial charge on any atom is -0.338 e. The number of amides is 1. The van der Waals surface area contributed by atoms with Gasteiger partial charge in [-0.25, -0.2) is 0 Å². The van der Waals surface area contributed by atoms with Crippen LogP contribution in [0.4, 0.5) is 0 Å². The third-order valence-electron chi connectivity index (χ3n) is 6.84. The smallest absolute Gasteiger partial charge is 0.237 e. The molecule has 3 unspecified atom stereocenters. The monoisotopic (exact) mass is 334 g/mol. The van der Waals surface area contributed by atoms with Crippen molar-refractivity contribution in [2.45, 2.75) is 57.0 Å². The number of piperazine rings is 1. The number of nitrogens with one attached hydrogen (secondary N) is 1. The lowest BCUT2D eigenvalue weighted by atomic mass is 9.78. The average molecular weight is 335 g/mol. The van der Waals surface area contributed by atoms with Gasteiger partial charge in [0.2, 0.25) is 5.91 Å². The van der Waals surface area contributed by atoms with Crippen molar-refractivity contribution >= 4 is 5.91 Å². The van der Waals surface area contributed by atoms with Gasteiger partial charge < -0.3 is 10.2 Å². The summed E-state index contributed by atoms with van der Waals surface area (Å²) >= 11 is 0. The van der Waals surface area contributed by atoms with Crippen LogP contribution in [0, 0.1) is 5.92 Å². The van der Waals surface area contributed by atoms with E-state index in [1.807, 2.05) is 0 Å². The second-order valence-electron chi connectivity index (χ2n) is 8.30. The predicted octanol–water partition coefficient (Wildman–Crippen LogP) is 1.15. The highest BCUT2D eigenvalue weighted by molar-refractivity contribution is 5.78. The summed E-state index contributed by atoms with van der Waals surface area (Å²) in [5, 5.41) is 3.43. The molecule has 1 saturated carbocycles. The van der Waals surface area contributed by atoms with E-state index < -0.39 is 0 Å². The van der Waals surface area contributed by atoms with Gasteiger partial charge in [-0.1, -0.05) is 12.8 Å². The van der Waals surface area contributed by atoms with Gasteiger partial charge in [0.15, 0.2) is 0 Å². The van der Waals surface area contributed by atoms with Crippen molar-refractivity contribution in [3.8, 4) is 0 Å². The molecule has 3 saturated heterocycles. The van der Waals surface area contributed by atoms with Crippen molar-refractivity contribution < 1.29 is 4.79 Å². The normalized spacial score (nSPS) is 35.8. The maximum absolute atomic E-state index is 13.0. The first-order valence-corrected chi connectivity index (χ1v) is 10.3. The third kappa shape index (κ3) is 3.63. The fourth-order valence-corrected chi connectivity index (χ4v) is 5.52. The highest BCUT2D eigenvalue weighted by atomic mass is 16.2. The fraction of sp³-hybridized carbons (Fsp3) is 0.947. The number of hydrogen-bond acceptors (Lipinski definition) is 4. The van der Waals surface area contributed by atoms with E-state index in [0.717, 1.165) is 38.6 Å². The lowest BCUT2D eigenvalue weighted by molar-refractivity contribution is -0.138. The zero-order chi connectivity index (χ0) is 16.4. The van der Waals surface area contributed by atoms with Crippen molar-refractivity contribution in [1.82, 2.24) is 20.0 Å². The number of fused-ring (bicyclic) bond motifs is 1. The summed E-state index contributed by atoms with van der Waals surface area (Å²) in [5.74, 6) is 1.20. The molecule has 0 radical (unpaired) electrons. The van der Waals surface area contributed by atoms with E-state index in [1.54, 1.807) is 0 Å². The Hall–Kier alpha value is -0.650. The zero-order valence-electron chi connectivity index (χ0n) is 15.1. The first-order chi connectivity index (χ1) is 11.8. The Balaban J connectivity index is 1.29. The van der Waals surface area contributed by atoms with Gasteiger partial charge in [0.1, 0.15) is 0 Å². The maximum Gasteiger partial charge on any atom is 0.237 e. The molecule has 0 aromatic carbocycles. The number of nitrogens with zero attached hydrogens (tertiary/aromatic N) is 3. The van der Waals surface area contributed by atoms with Crippen LogP contribution in [0.5, 0.6) is 0 Å². The van der Waals surface area contributed by atoms with Crippen molar-refractivity contribution in [1.29, 1.82) is 0 Å². The molecule has 0 bridgehead atoms. The van der Waals surface area contributed by atoms with Crippen LogP contribution in [0.2, 0.25) is 0 Å². The van der Waals surface area contributed by atoms with Crippen LogP contribution >= 0.6 is 0 Å². The first kappa shape index (κ1) is 16.8.